The maximum atomic E-state index is 8.90. The molecule has 0 radical (unpaired) electrons. The Morgan fingerprint density at radius 2 is 2.25 bits per heavy atom. The molecule has 0 saturated carbocycles. The van der Waals surface area contributed by atoms with Gasteiger partial charge in [0.15, 0.2) is 5.76 Å². The van der Waals surface area contributed by atoms with Gasteiger partial charge in [-0.25, -0.2) is 4.98 Å². The average molecular weight is 241 g/mol. The molecular weight excluding hydrogens is 228 g/mol. The van der Waals surface area contributed by atoms with E-state index in [1.165, 1.54) is 0 Å². The Morgan fingerprint density at radius 1 is 1.50 bits per heavy atom. The maximum absolute atomic E-state index is 8.90. The number of hydrogen-bond acceptors (Lipinski definition) is 3. The average Bonchev–Trinajstić information content (AvgIpc) is 2.78. The van der Waals surface area contributed by atoms with Gasteiger partial charge in [-0.1, -0.05) is 11.6 Å². The summed E-state index contributed by atoms with van der Waals surface area (Å²) >= 11 is 6.15. The minimum Gasteiger partial charge on any atom is -0.460 e. The summed E-state index contributed by atoms with van der Waals surface area (Å²) in [6, 6.07) is 3.71. The minimum absolute atomic E-state index is 0.0534. The first kappa shape index (κ1) is 11.2. The molecule has 16 heavy (non-hydrogen) atoms. The van der Waals surface area contributed by atoms with Gasteiger partial charge in [0.1, 0.15) is 22.4 Å². The highest BCUT2D eigenvalue weighted by Crippen LogP contribution is 2.29. The van der Waals surface area contributed by atoms with Crippen molar-refractivity contribution in [2.45, 2.75) is 13.3 Å². The number of furan rings is 1. The quantitative estimate of drug-likeness (QED) is 0.895. The molecule has 0 bridgehead atoms. The van der Waals surface area contributed by atoms with Crippen molar-refractivity contribution in [3.8, 4) is 11.5 Å². The summed E-state index contributed by atoms with van der Waals surface area (Å²) in [6.45, 7) is 1.92. The highest BCUT2D eigenvalue weighted by Gasteiger charge is 2.16. The summed E-state index contributed by atoms with van der Waals surface area (Å²) in [4.78, 5) is 4.36. The van der Waals surface area contributed by atoms with Gasteiger partial charge in [0.05, 0.1) is 6.61 Å². The zero-order valence-corrected chi connectivity index (χ0v) is 9.95. The largest absolute Gasteiger partial charge is 0.460 e. The van der Waals surface area contributed by atoms with Crippen molar-refractivity contribution >= 4 is 11.6 Å². The standard InChI is InChI=1S/C11H13ClN2O2/c1-7-3-4-8(16-7)10-11(12)14(2)9(13-10)5-6-15/h3-4,15H,5-6H2,1-2H3. The van der Waals surface area contributed by atoms with Crippen LogP contribution in [0, 0.1) is 6.92 Å². The number of nitrogens with zero attached hydrogens (tertiary/aromatic N) is 2. The number of imidazole rings is 1. The number of hydrogen-bond donors (Lipinski definition) is 1. The monoisotopic (exact) mass is 240 g/mol. The fraction of sp³-hybridized carbons (Fsp3) is 0.364. The molecule has 0 aliphatic rings. The van der Waals surface area contributed by atoms with Gasteiger partial charge < -0.3 is 14.1 Å². The Bertz CT molecular complexity index is 502. The summed E-state index contributed by atoms with van der Waals surface area (Å²) in [6.07, 6.45) is 0.482. The molecule has 2 rings (SSSR count). The van der Waals surface area contributed by atoms with Crippen LogP contribution in [0.4, 0.5) is 0 Å². The number of aliphatic hydroxyl groups is 1. The highest BCUT2D eigenvalue weighted by molar-refractivity contribution is 6.32. The second-order valence-electron chi connectivity index (χ2n) is 3.61. The lowest BCUT2D eigenvalue weighted by Gasteiger charge is -1.98. The summed E-state index contributed by atoms with van der Waals surface area (Å²) in [5.41, 5.74) is 0.626. The predicted molar refractivity (Wildman–Crippen MR) is 61.4 cm³/mol. The lowest BCUT2D eigenvalue weighted by Crippen LogP contribution is -2.00. The first-order chi connectivity index (χ1) is 7.63. The van der Waals surface area contributed by atoms with Crippen LogP contribution in [-0.2, 0) is 13.5 Å². The molecule has 0 atom stereocenters. The van der Waals surface area contributed by atoms with Crippen LogP contribution in [0.2, 0.25) is 5.15 Å². The third kappa shape index (κ3) is 1.86. The van der Waals surface area contributed by atoms with Crippen molar-refractivity contribution in [2.75, 3.05) is 6.61 Å². The SMILES string of the molecule is Cc1ccc(-c2nc(CCO)n(C)c2Cl)o1. The van der Waals surface area contributed by atoms with Crippen molar-refractivity contribution in [2.24, 2.45) is 7.05 Å². The van der Waals surface area contributed by atoms with Crippen molar-refractivity contribution in [1.29, 1.82) is 0 Å². The van der Waals surface area contributed by atoms with Gasteiger partial charge in [-0.15, -0.1) is 0 Å². The van der Waals surface area contributed by atoms with Crippen LogP contribution in [0.3, 0.4) is 0 Å². The van der Waals surface area contributed by atoms with Crippen LogP contribution in [0.5, 0.6) is 0 Å². The summed E-state index contributed by atoms with van der Waals surface area (Å²) < 4.78 is 7.23. The first-order valence-corrected chi connectivity index (χ1v) is 5.40. The molecule has 2 aromatic heterocycles. The topological polar surface area (TPSA) is 51.2 Å². The highest BCUT2D eigenvalue weighted by atomic mass is 35.5. The predicted octanol–water partition coefficient (Wildman–Crippen LogP) is 2.18. The summed E-state index contributed by atoms with van der Waals surface area (Å²) in [7, 11) is 1.82. The Labute approximate surface area is 98.5 Å². The van der Waals surface area contributed by atoms with E-state index in [1.807, 2.05) is 26.1 Å². The summed E-state index contributed by atoms with van der Waals surface area (Å²) in [5.74, 6) is 2.22. The number of halogens is 1. The minimum atomic E-state index is 0.0534. The van der Waals surface area contributed by atoms with Crippen LogP contribution < -0.4 is 0 Å². The number of aliphatic hydroxyl groups excluding tert-OH is 1. The van der Waals surface area contributed by atoms with E-state index in [2.05, 4.69) is 4.98 Å². The second kappa shape index (κ2) is 4.31. The van der Waals surface area contributed by atoms with Crippen LogP contribution >= 0.6 is 11.6 Å². The molecule has 1 N–H and O–H groups in total. The zero-order chi connectivity index (χ0) is 11.7. The molecule has 0 amide bonds. The zero-order valence-electron chi connectivity index (χ0n) is 9.20. The van der Waals surface area contributed by atoms with E-state index in [4.69, 9.17) is 21.1 Å². The van der Waals surface area contributed by atoms with E-state index < -0.39 is 0 Å². The van der Waals surface area contributed by atoms with Gasteiger partial charge in [0.2, 0.25) is 0 Å². The molecule has 86 valence electrons. The third-order valence-electron chi connectivity index (χ3n) is 2.43. The number of aryl methyl sites for hydroxylation is 1. The Hall–Kier alpha value is -1.26. The Morgan fingerprint density at radius 3 is 2.81 bits per heavy atom. The molecule has 0 aliphatic carbocycles. The van der Waals surface area contributed by atoms with Gasteiger partial charge >= 0.3 is 0 Å². The lowest BCUT2D eigenvalue weighted by atomic mass is 10.3. The molecule has 0 aromatic carbocycles. The van der Waals surface area contributed by atoms with Crippen LogP contribution in [0.25, 0.3) is 11.5 Å². The van der Waals surface area contributed by atoms with Gasteiger partial charge in [0.25, 0.3) is 0 Å². The Kier molecular flexibility index (Phi) is 3.03. The van der Waals surface area contributed by atoms with Gasteiger partial charge in [-0.2, -0.15) is 0 Å². The first-order valence-electron chi connectivity index (χ1n) is 5.02. The number of aromatic nitrogens is 2. The molecule has 4 nitrogen and oxygen atoms in total. The van der Waals surface area contributed by atoms with E-state index in [9.17, 15) is 0 Å². The van der Waals surface area contributed by atoms with E-state index in [0.717, 1.165) is 11.6 Å². The molecule has 5 heteroatoms. The normalized spacial score (nSPS) is 11.0. The fourth-order valence-corrected chi connectivity index (χ4v) is 1.80. The van der Waals surface area contributed by atoms with Crippen molar-refractivity contribution in [3.63, 3.8) is 0 Å². The van der Waals surface area contributed by atoms with Gasteiger partial charge in [-0.05, 0) is 19.1 Å². The Balaban J connectivity index is 2.45. The molecule has 0 fully saturated rings. The van der Waals surface area contributed by atoms with E-state index in [1.54, 1.807) is 4.57 Å². The maximum Gasteiger partial charge on any atom is 0.155 e. The molecule has 2 aromatic rings. The van der Waals surface area contributed by atoms with Crippen molar-refractivity contribution < 1.29 is 9.52 Å². The van der Waals surface area contributed by atoms with Crippen molar-refractivity contribution in [3.05, 3.63) is 28.9 Å². The van der Waals surface area contributed by atoms with Gasteiger partial charge in [-0.3, -0.25) is 0 Å². The molecule has 0 spiro atoms. The van der Waals surface area contributed by atoms with Crippen LogP contribution in [-0.4, -0.2) is 21.3 Å². The third-order valence-corrected chi connectivity index (χ3v) is 2.86. The van der Waals surface area contributed by atoms with E-state index in [-0.39, 0.29) is 6.61 Å². The number of rotatable bonds is 3. The smallest absolute Gasteiger partial charge is 0.155 e. The van der Waals surface area contributed by atoms with Crippen LogP contribution in [0.1, 0.15) is 11.6 Å². The van der Waals surface area contributed by atoms with Crippen LogP contribution in [0.15, 0.2) is 16.5 Å². The molecule has 0 saturated heterocycles. The van der Waals surface area contributed by atoms with Crippen molar-refractivity contribution in [1.82, 2.24) is 9.55 Å². The molecular formula is C11H13ClN2O2. The lowest BCUT2D eigenvalue weighted by molar-refractivity contribution is 0.295. The van der Waals surface area contributed by atoms with E-state index >= 15 is 0 Å². The second-order valence-corrected chi connectivity index (χ2v) is 3.97. The molecule has 0 aliphatic heterocycles. The summed E-state index contributed by atoms with van der Waals surface area (Å²) in [5, 5.41) is 9.42. The molecule has 0 unspecified atom stereocenters. The fourth-order valence-electron chi connectivity index (χ4n) is 1.56. The van der Waals surface area contributed by atoms with Gasteiger partial charge in [0, 0.05) is 13.5 Å². The molecule has 2 heterocycles. The van der Waals surface area contributed by atoms with E-state index in [0.29, 0.717) is 23.0 Å².